The zero-order chi connectivity index (χ0) is 14.2. The van der Waals surface area contributed by atoms with E-state index in [1.54, 1.807) is 18.2 Å². The predicted molar refractivity (Wildman–Crippen MR) is 58.0 cm³/mol. The Morgan fingerprint density at radius 3 is 2.37 bits per heavy atom. The van der Waals surface area contributed by atoms with Gasteiger partial charge >= 0.3 is 5.69 Å². The Labute approximate surface area is 104 Å². The summed E-state index contributed by atoms with van der Waals surface area (Å²) in [5, 5.41) is 34.8. The van der Waals surface area contributed by atoms with E-state index in [1.807, 2.05) is 4.98 Å². The maximum atomic E-state index is 11.7. The Bertz CT molecular complexity index is 798. The highest BCUT2D eigenvalue weighted by Crippen LogP contribution is 2.38. The normalized spacial score (nSPS) is 19.2. The van der Waals surface area contributed by atoms with Gasteiger partial charge in [0, 0.05) is 0 Å². The Kier molecular flexibility index (Phi) is 2.43. The molecule has 1 aromatic heterocycles. The zero-order valence-electron chi connectivity index (χ0n) is 9.14. The smallest absolute Gasteiger partial charge is 0.328 e. The lowest BCUT2D eigenvalue weighted by Crippen LogP contribution is -2.48. The third kappa shape index (κ3) is 1.41. The average Bonchev–Trinajstić information content (AvgIpc) is 2.36. The third-order valence-corrected chi connectivity index (χ3v) is 2.69. The second kappa shape index (κ2) is 3.83. The summed E-state index contributed by atoms with van der Waals surface area (Å²) in [5.74, 6) is -2.70. The van der Waals surface area contributed by atoms with Crippen LogP contribution in [0.2, 0.25) is 0 Å². The minimum Gasteiger partial charge on any atom is -0.425 e. The second-order valence-corrected chi connectivity index (χ2v) is 3.67. The zero-order valence-corrected chi connectivity index (χ0v) is 9.14. The molecule has 1 unspecified atom stereocenters. The molecule has 3 N–H and O–H groups in total. The van der Waals surface area contributed by atoms with Crippen LogP contribution in [0.3, 0.4) is 0 Å². The molecule has 0 spiro atoms. The molecule has 2 rings (SSSR count). The third-order valence-electron chi connectivity index (χ3n) is 2.69. The number of nitriles is 3. The van der Waals surface area contributed by atoms with Gasteiger partial charge in [0.1, 0.15) is 5.56 Å². The molecule has 19 heavy (non-hydrogen) atoms. The first-order valence-electron chi connectivity index (χ1n) is 4.85. The van der Waals surface area contributed by atoms with Gasteiger partial charge in [-0.25, -0.2) is 4.79 Å². The standard InChI is InChI=1S/C10H4N6O3/c11-1-4-6(14)19-8-5(10(4,2-12)3-13)7(17)15-9(18)16-8/h4,14H,(H2,15,16,17,18). The van der Waals surface area contributed by atoms with Crippen LogP contribution in [0, 0.1) is 45.3 Å². The Balaban J connectivity index is 2.97. The van der Waals surface area contributed by atoms with E-state index >= 15 is 0 Å². The molecule has 1 atom stereocenters. The number of H-pyrrole nitrogens is 2. The SMILES string of the molecule is N#CC1C(=N)Oc2[nH]c(=O)[nH]c(=O)c2C1(C#N)C#N. The molecule has 1 aliphatic rings. The number of nitrogens with zero attached hydrogens (tertiary/aromatic N) is 3. The van der Waals surface area contributed by atoms with Gasteiger partial charge in [0.2, 0.25) is 17.2 Å². The topological polar surface area (TPSA) is 170 Å². The molecule has 2 heterocycles. The number of rotatable bonds is 0. The summed E-state index contributed by atoms with van der Waals surface area (Å²) >= 11 is 0. The summed E-state index contributed by atoms with van der Waals surface area (Å²) in [7, 11) is 0. The Morgan fingerprint density at radius 1 is 1.21 bits per heavy atom. The summed E-state index contributed by atoms with van der Waals surface area (Å²) in [5.41, 5.74) is -4.58. The van der Waals surface area contributed by atoms with Gasteiger partial charge < -0.3 is 4.74 Å². The highest BCUT2D eigenvalue weighted by atomic mass is 16.5. The summed E-state index contributed by atoms with van der Waals surface area (Å²) in [6.07, 6.45) is 0. The van der Waals surface area contributed by atoms with Gasteiger partial charge in [-0.05, 0) is 0 Å². The molecule has 9 heteroatoms. The van der Waals surface area contributed by atoms with Crippen molar-refractivity contribution in [1.82, 2.24) is 9.97 Å². The van der Waals surface area contributed by atoms with E-state index in [4.69, 9.17) is 15.4 Å². The molecule has 9 nitrogen and oxygen atoms in total. The van der Waals surface area contributed by atoms with E-state index in [-0.39, 0.29) is 0 Å². The van der Waals surface area contributed by atoms with Gasteiger partial charge in [0.15, 0.2) is 5.92 Å². The summed E-state index contributed by atoms with van der Waals surface area (Å²) in [6, 6.07) is 4.73. The van der Waals surface area contributed by atoms with Crippen molar-refractivity contribution in [3.63, 3.8) is 0 Å². The van der Waals surface area contributed by atoms with Crippen LogP contribution in [0.1, 0.15) is 5.56 Å². The van der Waals surface area contributed by atoms with Crippen molar-refractivity contribution in [2.24, 2.45) is 5.92 Å². The summed E-state index contributed by atoms with van der Waals surface area (Å²) < 4.78 is 4.84. The van der Waals surface area contributed by atoms with Crippen molar-refractivity contribution in [1.29, 1.82) is 21.2 Å². The van der Waals surface area contributed by atoms with Gasteiger partial charge in [0.25, 0.3) is 5.56 Å². The van der Waals surface area contributed by atoms with E-state index in [0.29, 0.717) is 0 Å². The van der Waals surface area contributed by atoms with Crippen LogP contribution in [-0.4, -0.2) is 15.9 Å². The molecule has 0 amide bonds. The largest absolute Gasteiger partial charge is 0.425 e. The monoisotopic (exact) mass is 256 g/mol. The van der Waals surface area contributed by atoms with Crippen LogP contribution >= 0.6 is 0 Å². The minimum atomic E-state index is -2.20. The number of nitrogens with one attached hydrogen (secondary N) is 3. The molecular weight excluding hydrogens is 252 g/mol. The van der Waals surface area contributed by atoms with Crippen molar-refractivity contribution in [3.8, 4) is 24.1 Å². The van der Waals surface area contributed by atoms with Gasteiger partial charge in [0.05, 0.1) is 18.2 Å². The summed E-state index contributed by atoms with van der Waals surface area (Å²) in [6.45, 7) is 0. The van der Waals surface area contributed by atoms with Crippen LogP contribution in [0.5, 0.6) is 5.88 Å². The van der Waals surface area contributed by atoms with E-state index in [2.05, 4.69) is 4.98 Å². The molecule has 0 radical (unpaired) electrons. The predicted octanol–water partition coefficient (Wildman–Crippen LogP) is -1.14. The van der Waals surface area contributed by atoms with Gasteiger partial charge in [-0.15, -0.1) is 0 Å². The number of aromatic amines is 2. The Morgan fingerprint density at radius 2 is 1.84 bits per heavy atom. The maximum Gasteiger partial charge on any atom is 0.328 e. The highest BCUT2D eigenvalue weighted by molar-refractivity contribution is 5.86. The molecule has 92 valence electrons. The molecule has 0 fully saturated rings. The van der Waals surface area contributed by atoms with Crippen LogP contribution in [0.15, 0.2) is 9.59 Å². The second-order valence-electron chi connectivity index (χ2n) is 3.67. The molecule has 0 saturated heterocycles. The molecule has 0 aliphatic carbocycles. The van der Waals surface area contributed by atoms with Crippen molar-refractivity contribution >= 4 is 5.90 Å². The fourth-order valence-electron chi connectivity index (χ4n) is 1.83. The fourth-order valence-corrected chi connectivity index (χ4v) is 1.83. The van der Waals surface area contributed by atoms with Crippen molar-refractivity contribution in [3.05, 3.63) is 26.4 Å². The number of fused-ring (bicyclic) bond motifs is 1. The lowest BCUT2D eigenvalue weighted by molar-refractivity contribution is 0.401. The van der Waals surface area contributed by atoms with Gasteiger partial charge in [-0.2, -0.15) is 15.8 Å². The molecular formula is C10H4N6O3. The Hall–Kier alpha value is -3.38. The number of ether oxygens (including phenoxy) is 1. The molecule has 1 aromatic rings. The first-order chi connectivity index (χ1) is 9.00. The van der Waals surface area contributed by atoms with E-state index < -0.39 is 39.9 Å². The quantitative estimate of drug-likeness (QED) is 0.529. The van der Waals surface area contributed by atoms with E-state index in [9.17, 15) is 20.1 Å². The van der Waals surface area contributed by atoms with Gasteiger partial charge in [-0.3, -0.25) is 20.2 Å². The molecule has 0 bridgehead atoms. The number of hydrogen-bond acceptors (Lipinski definition) is 7. The molecule has 0 saturated carbocycles. The molecule has 0 aromatic carbocycles. The number of aromatic nitrogens is 2. The maximum absolute atomic E-state index is 11.7. The first kappa shape index (κ1) is 12.1. The average molecular weight is 256 g/mol. The van der Waals surface area contributed by atoms with E-state index in [0.717, 1.165) is 0 Å². The van der Waals surface area contributed by atoms with Crippen LogP contribution in [0.25, 0.3) is 0 Å². The highest BCUT2D eigenvalue weighted by Gasteiger charge is 2.53. The van der Waals surface area contributed by atoms with Crippen LogP contribution < -0.4 is 16.0 Å². The van der Waals surface area contributed by atoms with Crippen molar-refractivity contribution in [2.45, 2.75) is 5.41 Å². The number of hydrogen-bond donors (Lipinski definition) is 3. The fraction of sp³-hybridized carbons (Fsp3) is 0.200. The lowest BCUT2D eigenvalue weighted by atomic mass is 9.72. The van der Waals surface area contributed by atoms with Crippen molar-refractivity contribution in [2.75, 3.05) is 0 Å². The summed E-state index contributed by atoms with van der Waals surface area (Å²) in [4.78, 5) is 26.8. The molecule has 1 aliphatic heterocycles. The van der Waals surface area contributed by atoms with Crippen LogP contribution in [-0.2, 0) is 5.41 Å². The minimum absolute atomic E-state index is 0.464. The van der Waals surface area contributed by atoms with Gasteiger partial charge in [-0.1, -0.05) is 0 Å². The van der Waals surface area contributed by atoms with Crippen LogP contribution in [0.4, 0.5) is 0 Å². The van der Waals surface area contributed by atoms with Crippen molar-refractivity contribution < 1.29 is 4.74 Å². The lowest BCUT2D eigenvalue weighted by Gasteiger charge is -2.29. The first-order valence-corrected chi connectivity index (χ1v) is 4.85. The van der Waals surface area contributed by atoms with E-state index in [1.165, 1.54) is 0 Å².